The fourth-order valence-electron chi connectivity index (χ4n) is 2.52. The molecule has 21 heavy (non-hydrogen) atoms. The Morgan fingerprint density at radius 2 is 2.14 bits per heavy atom. The highest BCUT2D eigenvalue weighted by Gasteiger charge is 2.13. The van der Waals surface area contributed by atoms with Gasteiger partial charge in [0.05, 0.1) is 0 Å². The number of aromatic nitrogens is 2. The van der Waals surface area contributed by atoms with Gasteiger partial charge in [-0.3, -0.25) is 0 Å². The molecule has 0 saturated carbocycles. The molecule has 0 fully saturated rings. The zero-order chi connectivity index (χ0) is 14.8. The average molecular weight is 285 g/mol. The molecule has 0 radical (unpaired) electrons. The molecule has 1 aromatic carbocycles. The molecule has 0 amide bonds. The molecule has 0 aliphatic heterocycles. The first-order valence-corrected chi connectivity index (χ1v) is 6.83. The van der Waals surface area contributed by atoms with Gasteiger partial charge in [-0.05, 0) is 44.0 Å². The molecule has 2 heterocycles. The van der Waals surface area contributed by atoms with Crippen molar-refractivity contribution in [2.24, 2.45) is 0 Å². The summed E-state index contributed by atoms with van der Waals surface area (Å²) >= 11 is 0. The van der Waals surface area contributed by atoms with Crippen molar-refractivity contribution in [1.82, 2.24) is 9.97 Å². The minimum Gasteiger partial charge on any atom is -0.461 e. The number of hydrogen-bond donors (Lipinski definition) is 1. The van der Waals surface area contributed by atoms with Crippen LogP contribution in [0, 0.1) is 19.7 Å². The van der Waals surface area contributed by atoms with Crippen LogP contribution in [0.2, 0.25) is 0 Å². The number of rotatable bonds is 4. The van der Waals surface area contributed by atoms with Crippen LogP contribution in [-0.4, -0.2) is 16.5 Å². The van der Waals surface area contributed by atoms with Crippen molar-refractivity contribution >= 4 is 16.8 Å². The van der Waals surface area contributed by atoms with E-state index in [4.69, 9.17) is 4.42 Å². The van der Waals surface area contributed by atoms with Gasteiger partial charge in [0.15, 0.2) is 0 Å². The number of hydrogen-bond acceptors (Lipinski definition) is 4. The van der Waals surface area contributed by atoms with Gasteiger partial charge >= 0.3 is 0 Å². The number of halogens is 1. The first-order chi connectivity index (χ1) is 10.1. The number of benzene rings is 1. The number of nitrogens with zero attached hydrogens (tertiary/aromatic N) is 2. The summed E-state index contributed by atoms with van der Waals surface area (Å²) in [5, 5.41) is 4.07. The van der Waals surface area contributed by atoms with E-state index in [0.717, 1.165) is 40.1 Å². The Bertz CT molecular complexity index is 768. The quantitative estimate of drug-likeness (QED) is 0.795. The van der Waals surface area contributed by atoms with Crippen LogP contribution in [-0.2, 0) is 6.42 Å². The fourth-order valence-corrected chi connectivity index (χ4v) is 2.52. The van der Waals surface area contributed by atoms with Gasteiger partial charge in [0.1, 0.15) is 29.3 Å². The minimum absolute atomic E-state index is 0.231. The molecule has 0 saturated heterocycles. The van der Waals surface area contributed by atoms with Crippen LogP contribution in [0.3, 0.4) is 0 Å². The zero-order valence-electron chi connectivity index (χ0n) is 12.0. The summed E-state index contributed by atoms with van der Waals surface area (Å²) < 4.78 is 19.4. The number of nitrogens with one attached hydrogen (secondary N) is 1. The Hall–Kier alpha value is -2.43. The van der Waals surface area contributed by atoms with E-state index in [2.05, 4.69) is 15.3 Å². The number of anilines is 1. The lowest BCUT2D eigenvalue weighted by molar-refractivity contribution is 0.568. The van der Waals surface area contributed by atoms with Crippen LogP contribution in [0.1, 0.15) is 16.9 Å². The Kier molecular flexibility index (Phi) is 3.56. The smallest absolute Gasteiger partial charge is 0.137 e. The second-order valence-electron chi connectivity index (χ2n) is 5.01. The van der Waals surface area contributed by atoms with E-state index in [-0.39, 0.29) is 5.82 Å². The third-order valence-corrected chi connectivity index (χ3v) is 3.51. The second-order valence-corrected chi connectivity index (χ2v) is 5.01. The van der Waals surface area contributed by atoms with E-state index < -0.39 is 0 Å². The summed E-state index contributed by atoms with van der Waals surface area (Å²) in [5.41, 5.74) is 2.63. The van der Waals surface area contributed by atoms with Crippen LogP contribution in [0.15, 0.2) is 35.1 Å². The standard InChI is InChI=1S/C16H16FN3O/c1-10-7-12(17)8-14-13(11(2)21-16(10)14)3-6-19-15-4-5-18-9-20-15/h4-5,7-9H,3,6H2,1-2H3,(H,18,19,20). The van der Waals surface area contributed by atoms with E-state index in [1.54, 1.807) is 12.3 Å². The lowest BCUT2D eigenvalue weighted by Crippen LogP contribution is -2.06. The SMILES string of the molecule is Cc1oc2c(C)cc(F)cc2c1CCNc1ccncn1. The fraction of sp³-hybridized carbons (Fsp3) is 0.250. The predicted octanol–water partition coefficient (Wildman–Crippen LogP) is 3.63. The Labute approximate surface area is 122 Å². The molecule has 0 bridgehead atoms. The van der Waals surface area contributed by atoms with Crippen LogP contribution in [0.5, 0.6) is 0 Å². The van der Waals surface area contributed by atoms with E-state index in [0.29, 0.717) is 6.54 Å². The van der Waals surface area contributed by atoms with Gasteiger partial charge in [-0.2, -0.15) is 0 Å². The van der Waals surface area contributed by atoms with E-state index >= 15 is 0 Å². The molecule has 4 nitrogen and oxygen atoms in total. The molecular weight excluding hydrogens is 269 g/mol. The normalized spacial score (nSPS) is 11.0. The Morgan fingerprint density at radius 3 is 2.90 bits per heavy atom. The van der Waals surface area contributed by atoms with E-state index in [1.165, 1.54) is 12.4 Å². The second kappa shape index (κ2) is 5.52. The Balaban J connectivity index is 1.82. The van der Waals surface area contributed by atoms with Gasteiger partial charge in [-0.25, -0.2) is 14.4 Å². The summed E-state index contributed by atoms with van der Waals surface area (Å²) in [6.07, 6.45) is 3.93. The highest BCUT2D eigenvalue weighted by molar-refractivity contribution is 5.85. The summed E-state index contributed by atoms with van der Waals surface area (Å²) in [7, 11) is 0. The lowest BCUT2D eigenvalue weighted by Gasteiger charge is -2.04. The zero-order valence-corrected chi connectivity index (χ0v) is 12.0. The number of aryl methyl sites for hydroxylation is 2. The van der Waals surface area contributed by atoms with Crippen molar-refractivity contribution in [3.05, 3.63) is 53.4 Å². The first-order valence-electron chi connectivity index (χ1n) is 6.83. The highest BCUT2D eigenvalue weighted by atomic mass is 19.1. The highest BCUT2D eigenvalue weighted by Crippen LogP contribution is 2.29. The van der Waals surface area contributed by atoms with Gasteiger partial charge in [-0.1, -0.05) is 0 Å². The molecule has 2 aromatic heterocycles. The minimum atomic E-state index is -0.231. The summed E-state index contributed by atoms with van der Waals surface area (Å²) in [5.74, 6) is 1.38. The molecule has 3 rings (SSSR count). The topological polar surface area (TPSA) is 51.0 Å². The maximum absolute atomic E-state index is 13.6. The van der Waals surface area contributed by atoms with Gasteiger partial charge < -0.3 is 9.73 Å². The monoisotopic (exact) mass is 285 g/mol. The maximum Gasteiger partial charge on any atom is 0.137 e. The van der Waals surface area contributed by atoms with E-state index in [9.17, 15) is 4.39 Å². The third kappa shape index (κ3) is 2.72. The average Bonchev–Trinajstić information content (AvgIpc) is 2.77. The molecule has 1 N–H and O–H groups in total. The van der Waals surface area contributed by atoms with Crippen LogP contribution in [0.4, 0.5) is 10.2 Å². The number of fused-ring (bicyclic) bond motifs is 1. The third-order valence-electron chi connectivity index (χ3n) is 3.51. The van der Waals surface area contributed by atoms with Gasteiger partial charge in [-0.15, -0.1) is 0 Å². The largest absolute Gasteiger partial charge is 0.461 e. The summed E-state index contributed by atoms with van der Waals surface area (Å²) in [6.45, 7) is 4.47. The van der Waals surface area contributed by atoms with Crippen molar-refractivity contribution in [3.63, 3.8) is 0 Å². The van der Waals surface area contributed by atoms with Crippen LogP contribution in [0.25, 0.3) is 11.0 Å². The van der Waals surface area contributed by atoms with Gasteiger partial charge in [0.2, 0.25) is 0 Å². The molecule has 0 spiro atoms. The van der Waals surface area contributed by atoms with Crippen molar-refractivity contribution in [2.75, 3.05) is 11.9 Å². The predicted molar refractivity (Wildman–Crippen MR) is 79.9 cm³/mol. The summed E-state index contributed by atoms with van der Waals surface area (Å²) in [4.78, 5) is 7.97. The molecule has 5 heteroatoms. The van der Waals surface area contributed by atoms with Crippen molar-refractivity contribution in [2.45, 2.75) is 20.3 Å². The first kappa shape index (κ1) is 13.5. The van der Waals surface area contributed by atoms with Crippen molar-refractivity contribution < 1.29 is 8.81 Å². The van der Waals surface area contributed by atoms with Gasteiger partial charge in [0.25, 0.3) is 0 Å². The molecule has 3 aromatic rings. The van der Waals surface area contributed by atoms with Crippen molar-refractivity contribution in [1.29, 1.82) is 0 Å². The van der Waals surface area contributed by atoms with Crippen molar-refractivity contribution in [3.8, 4) is 0 Å². The number of furan rings is 1. The molecule has 0 aliphatic rings. The molecule has 0 aliphatic carbocycles. The summed E-state index contributed by atoms with van der Waals surface area (Å²) in [6, 6.07) is 4.84. The van der Waals surface area contributed by atoms with E-state index in [1.807, 2.05) is 19.9 Å². The molecular formula is C16H16FN3O. The molecule has 0 atom stereocenters. The maximum atomic E-state index is 13.6. The van der Waals surface area contributed by atoms with Crippen LogP contribution < -0.4 is 5.32 Å². The molecule has 0 unspecified atom stereocenters. The lowest BCUT2D eigenvalue weighted by atomic mass is 10.1. The van der Waals surface area contributed by atoms with Gasteiger partial charge in [0, 0.05) is 23.7 Å². The Morgan fingerprint density at radius 1 is 1.29 bits per heavy atom. The molecule has 108 valence electrons. The van der Waals surface area contributed by atoms with Crippen LogP contribution >= 0.6 is 0 Å².